The van der Waals surface area contributed by atoms with E-state index in [4.69, 9.17) is 5.73 Å². The molecule has 1 aromatic rings. The number of nitrogens with zero attached hydrogens (tertiary/aromatic N) is 1. The first-order valence-electron chi connectivity index (χ1n) is 5.52. The highest BCUT2D eigenvalue weighted by Crippen LogP contribution is 2.10. The summed E-state index contributed by atoms with van der Waals surface area (Å²) in [6.45, 7) is 0. The number of nitrogen functional groups attached to an aromatic ring is 1. The maximum absolute atomic E-state index is 11.8. The van der Waals surface area contributed by atoms with E-state index in [0.717, 1.165) is 12.8 Å². The molecule has 2 rings (SSSR count). The van der Waals surface area contributed by atoms with Crippen LogP contribution < -0.4 is 11.1 Å². The smallest absolute Gasteiger partial charge is 0.270 e. The number of nitrogens with two attached hydrogens (primary N) is 1. The lowest BCUT2D eigenvalue weighted by Gasteiger charge is -2.22. The molecule has 92 valence electrons. The van der Waals surface area contributed by atoms with E-state index in [9.17, 15) is 9.00 Å². The molecule has 3 N–H and O–H groups in total. The van der Waals surface area contributed by atoms with Gasteiger partial charge in [0.15, 0.2) is 0 Å². The van der Waals surface area contributed by atoms with Crippen LogP contribution in [0.25, 0.3) is 0 Å². The van der Waals surface area contributed by atoms with Crippen LogP contribution in [-0.2, 0) is 10.8 Å². The maximum atomic E-state index is 11.8. The molecular weight excluding hydrogens is 238 g/mol. The molecule has 0 atom stereocenters. The summed E-state index contributed by atoms with van der Waals surface area (Å²) in [6.07, 6.45) is 3.01. The van der Waals surface area contributed by atoms with Gasteiger partial charge in [-0.25, -0.2) is 4.98 Å². The predicted octanol–water partition coefficient (Wildman–Crippen LogP) is 0.305. The fraction of sp³-hybridized carbons (Fsp3) is 0.455. The fourth-order valence-corrected chi connectivity index (χ4v) is 3.04. The van der Waals surface area contributed by atoms with E-state index in [1.807, 2.05) is 0 Å². The number of pyridine rings is 1. The molecule has 0 aliphatic carbocycles. The average molecular weight is 253 g/mol. The Bertz CT molecular complexity index is 423. The lowest BCUT2D eigenvalue weighted by molar-refractivity contribution is 0.0929. The Morgan fingerprint density at radius 1 is 1.41 bits per heavy atom. The zero-order valence-corrected chi connectivity index (χ0v) is 10.2. The van der Waals surface area contributed by atoms with E-state index < -0.39 is 10.8 Å². The van der Waals surface area contributed by atoms with Crippen molar-refractivity contribution in [3.8, 4) is 0 Å². The largest absolute Gasteiger partial charge is 0.397 e. The second-order valence-corrected chi connectivity index (χ2v) is 5.77. The molecule has 1 aromatic heterocycles. The van der Waals surface area contributed by atoms with Crippen LogP contribution in [0, 0.1) is 0 Å². The van der Waals surface area contributed by atoms with Crippen LogP contribution in [0.4, 0.5) is 5.69 Å². The van der Waals surface area contributed by atoms with Gasteiger partial charge in [-0.1, -0.05) is 0 Å². The normalized spacial score (nSPS) is 24.2. The zero-order valence-electron chi connectivity index (χ0n) is 9.39. The monoisotopic (exact) mass is 253 g/mol. The van der Waals surface area contributed by atoms with E-state index in [0.29, 0.717) is 22.9 Å². The van der Waals surface area contributed by atoms with Gasteiger partial charge in [0.2, 0.25) is 0 Å². The van der Waals surface area contributed by atoms with Gasteiger partial charge < -0.3 is 11.1 Å². The third-order valence-corrected chi connectivity index (χ3v) is 4.12. The maximum Gasteiger partial charge on any atom is 0.270 e. The third kappa shape index (κ3) is 3.26. The Morgan fingerprint density at radius 2 is 2.12 bits per heavy atom. The van der Waals surface area contributed by atoms with E-state index in [1.54, 1.807) is 12.1 Å². The van der Waals surface area contributed by atoms with Gasteiger partial charge in [-0.3, -0.25) is 9.00 Å². The second kappa shape index (κ2) is 5.27. The molecule has 0 aromatic carbocycles. The van der Waals surface area contributed by atoms with Gasteiger partial charge in [0.25, 0.3) is 5.91 Å². The van der Waals surface area contributed by atoms with Crippen molar-refractivity contribution in [3.05, 3.63) is 24.0 Å². The number of aromatic nitrogens is 1. The van der Waals surface area contributed by atoms with Crippen molar-refractivity contribution in [1.82, 2.24) is 10.3 Å². The second-order valence-electron chi connectivity index (χ2n) is 4.07. The Kier molecular flexibility index (Phi) is 3.73. The Morgan fingerprint density at radius 3 is 2.71 bits per heavy atom. The number of hydrogen-bond acceptors (Lipinski definition) is 4. The molecule has 0 saturated carbocycles. The summed E-state index contributed by atoms with van der Waals surface area (Å²) in [5.41, 5.74) is 6.40. The average Bonchev–Trinajstić information content (AvgIpc) is 2.33. The number of anilines is 1. The van der Waals surface area contributed by atoms with Gasteiger partial charge in [0.05, 0.1) is 11.9 Å². The molecule has 0 radical (unpaired) electrons. The Balaban J connectivity index is 1.93. The van der Waals surface area contributed by atoms with E-state index >= 15 is 0 Å². The van der Waals surface area contributed by atoms with Crippen molar-refractivity contribution in [1.29, 1.82) is 0 Å². The number of carbonyl (C=O) groups excluding carboxylic acids is 1. The van der Waals surface area contributed by atoms with Crippen molar-refractivity contribution in [2.24, 2.45) is 0 Å². The van der Waals surface area contributed by atoms with Gasteiger partial charge in [0.1, 0.15) is 5.69 Å². The van der Waals surface area contributed by atoms with Crippen LogP contribution in [0.1, 0.15) is 23.3 Å². The number of rotatable bonds is 2. The number of nitrogens with one attached hydrogen (secondary N) is 1. The first-order valence-corrected chi connectivity index (χ1v) is 7.01. The molecule has 1 aliphatic rings. The van der Waals surface area contributed by atoms with Crippen molar-refractivity contribution in [2.45, 2.75) is 18.9 Å². The molecule has 6 heteroatoms. The van der Waals surface area contributed by atoms with Crippen LogP contribution in [0.3, 0.4) is 0 Å². The van der Waals surface area contributed by atoms with Gasteiger partial charge >= 0.3 is 0 Å². The summed E-state index contributed by atoms with van der Waals surface area (Å²) in [7, 11) is -0.707. The van der Waals surface area contributed by atoms with Gasteiger partial charge in [-0.15, -0.1) is 0 Å². The molecule has 17 heavy (non-hydrogen) atoms. The highest BCUT2D eigenvalue weighted by molar-refractivity contribution is 7.85. The van der Waals surface area contributed by atoms with Crippen LogP contribution in [0.2, 0.25) is 0 Å². The van der Waals surface area contributed by atoms with Crippen LogP contribution in [0.15, 0.2) is 18.3 Å². The summed E-state index contributed by atoms with van der Waals surface area (Å²) >= 11 is 0. The highest BCUT2D eigenvalue weighted by atomic mass is 32.2. The van der Waals surface area contributed by atoms with Crippen molar-refractivity contribution < 1.29 is 9.00 Å². The lowest BCUT2D eigenvalue weighted by atomic mass is 10.1. The van der Waals surface area contributed by atoms with E-state index in [1.165, 1.54) is 6.20 Å². The summed E-state index contributed by atoms with van der Waals surface area (Å²) in [6, 6.07) is 3.36. The topological polar surface area (TPSA) is 85.1 Å². The van der Waals surface area contributed by atoms with Crippen molar-refractivity contribution >= 4 is 22.4 Å². The molecular formula is C11H15N3O2S. The van der Waals surface area contributed by atoms with Gasteiger partial charge in [0, 0.05) is 28.3 Å². The minimum atomic E-state index is -0.707. The number of hydrogen-bond donors (Lipinski definition) is 2. The van der Waals surface area contributed by atoms with Crippen LogP contribution >= 0.6 is 0 Å². The number of carbonyl (C=O) groups is 1. The SMILES string of the molecule is Nc1ccc(C(=O)NC2CCS(=O)CC2)nc1. The standard InChI is InChI=1S/C11H15N3O2S/c12-8-1-2-10(13-7-8)11(15)14-9-3-5-17(16)6-4-9/h1-2,7,9H,3-6,12H2,(H,14,15). The minimum absolute atomic E-state index is 0.111. The molecule has 1 fully saturated rings. The number of amides is 1. The quantitative estimate of drug-likeness (QED) is 0.794. The molecule has 0 bridgehead atoms. The highest BCUT2D eigenvalue weighted by Gasteiger charge is 2.20. The van der Waals surface area contributed by atoms with Gasteiger partial charge in [-0.05, 0) is 25.0 Å². The molecule has 0 unspecified atom stereocenters. The molecule has 1 amide bonds. The van der Waals surface area contributed by atoms with E-state index in [2.05, 4.69) is 10.3 Å². The fourth-order valence-electron chi connectivity index (χ4n) is 1.74. The lowest BCUT2D eigenvalue weighted by Crippen LogP contribution is -2.39. The first kappa shape index (κ1) is 12.0. The summed E-state index contributed by atoms with van der Waals surface area (Å²) in [5.74, 6) is 1.14. The summed E-state index contributed by atoms with van der Waals surface area (Å²) in [4.78, 5) is 15.8. The molecule has 5 nitrogen and oxygen atoms in total. The zero-order chi connectivity index (χ0) is 12.3. The van der Waals surface area contributed by atoms with E-state index in [-0.39, 0.29) is 11.9 Å². The predicted molar refractivity (Wildman–Crippen MR) is 67.0 cm³/mol. The van der Waals surface area contributed by atoms with Gasteiger partial charge in [-0.2, -0.15) is 0 Å². The molecule has 1 aliphatic heterocycles. The molecule has 1 saturated heterocycles. The Labute approximate surface area is 102 Å². The summed E-state index contributed by atoms with van der Waals surface area (Å²) in [5, 5.41) is 2.90. The third-order valence-electron chi connectivity index (χ3n) is 2.74. The molecule has 0 spiro atoms. The Hall–Kier alpha value is -1.43. The van der Waals surface area contributed by atoms with Crippen LogP contribution in [0.5, 0.6) is 0 Å². The van der Waals surface area contributed by atoms with Crippen LogP contribution in [-0.4, -0.2) is 32.6 Å². The van der Waals surface area contributed by atoms with Crippen molar-refractivity contribution in [3.63, 3.8) is 0 Å². The minimum Gasteiger partial charge on any atom is -0.397 e. The first-order chi connectivity index (χ1) is 8.15. The molecule has 2 heterocycles. The summed E-state index contributed by atoms with van der Waals surface area (Å²) < 4.78 is 11.2. The van der Waals surface area contributed by atoms with Crippen molar-refractivity contribution in [2.75, 3.05) is 17.2 Å².